The van der Waals surface area contributed by atoms with Gasteiger partial charge < -0.3 is 27.0 Å². The van der Waals surface area contributed by atoms with Crippen LogP contribution in [0.4, 0.5) is 0 Å². The lowest BCUT2D eigenvalue weighted by molar-refractivity contribution is -0.142. The van der Waals surface area contributed by atoms with Crippen LogP contribution in [0.25, 0.3) is 0 Å². The molecule has 0 radical (unpaired) electrons. The number of aliphatic carboxylic acids is 2. The normalized spacial score (nSPS) is 13.8. The van der Waals surface area contributed by atoms with Crippen LogP contribution in [0.3, 0.4) is 0 Å². The monoisotopic (exact) mass is 247 g/mol. The third kappa shape index (κ3) is 6.48. The van der Waals surface area contributed by atoms with Gasteiger partial charge >= 0.3 is 11.9 Å². The fourth-order valence-corrected chi connectivity index (χ4v) is 1.10. The van der Waals surface area contributed by atoms with E-state index in [2.05, 4.69) is 5.32 Å². The SMILES string of the molecule is NCCC(NC(=O)CCC(N)C(=O)O)C(=O)O. The maximum absolute atomic E-state index is 11.3. The summed E-state index contributed by atoms with van der Waals surface area (Å²) in [4.78, 5) is 32.4. The number of hydrogen-bond acceptors (Lipinski definition) is 5. The highest BCUT2D eigenvalue weighted by atomic mass is 16.4. The first-order valence-electron chi connectivity index (χ1n) is 5.09. The first-order valence-corrected chi connectivity index (χ1v) is 5.09. The predicted octanol–water partition coefficient (Wildman–Crippen LogP) is -1.90. The standard InChI is InChI=1S/C9H17N3O5/c10-4-3-6(9(16)17)12-7(13)2-1-5(11)8(14)15/h5-6H,1-4,10-11H2,(H,12,13)(H,14,15)(H,16,17). The van der Waals surface area contributed by atoms with Crippen molar-refractivity contribution in [2.24, 2.45) is 11.5 Å². The lowest BCUT2D eigenvalue weighted by Gasteiger charge is -2.13. The number of nitrogens with two attached hydrogens (primary N) is 2. The molecule has 0 aromatic heterocycles. The van der Waals surface area contributed by atoms with Gasteiger partial charge in [0.15, 0.2) is 0 Å². The Morgan fingerprint density at radius 2 is 1.71 bits per heavy atom. The van der Waals surface area contributed by atoms with Gasteiger partial charge in [0.25, 0.3) is 0 Å². The third-order valence-electron chi connectivity index (χ3n) is 2.09. The van der Waals surface area contributed by atoms with Crippen LogP contribution < -0.4 is 16.8 Å². The number of carboxylic acids is 2. The Balaban J connectivity index is 4.06. The number of rotatable bonds is 8. The molecule has 0 bridgehead atoms. The van der Waals surface area contributed by atoms with Crippen molar-refractivity contribution >= 4 is 17.8 Å². The van der Waals surface area contributed by atoms with Gasteiger partial charge in [-0.15, -0.1) is 0 Å². The second kappa shape index (κ2) is 7.58. The van der Waals surface area contributed by atoms with Gasteiger partial charge in [0.2, 0.25) is 5.91 Å². The maximum Gasteiger partial charge on any atom is 0.326 e. The fourth-order valence-electron chi connectivity index (χ4n) is 1.10. The van der Waals surface area contributed by atoms with Crippen LogP contribution in [0.1, 0.15) is 19.3 Å². The Bertz CT molecular complexity index is 294. The highest BCUT2D eigenvalue weighted by Crippen LogP contribution is 1.97. The molecular weight excluding hydrogens is 230 g/mol. The quantitative estimate of drug-likeness (QED) is 0.335. The van der Waals surface area contributed by atoms with Crippen LogP contribution in [-0.2, 0) is 14.4 Å². The molecular formula is C9H17N3O5. The molecule has 8 heteroatoms. The minimum atomic E-state index is -1.20. The number of carbonyl (C=O) groups is 3. The second-order valence-electron chi connectivity index (χ2n) is 3.52. The molecule has 0 aliphatic rings. The minimum Gasteiger partial charge on any atom is -0.480 e. The number of carboxylic acid groups (broad SMARTS) is 2. The average Bonchev–Trinajstić information content (AvgIpc) is 2.24. The average molecular weight is 247 g/mol. The van der Waals surface area contributed by atoms with Crippen LogP contribution in [-0.4, -0.2) is 46.7 Å². The Morgan fingerprint density at radius 3 is 2.12 bits per heavy atom. The molecule has 0 aromatic carbocycles. The van der Waals surface area contributed by atoms with E-state index >= 15 is 0 Å². The lowest BCUT2D eigenvalue weighted by atomic mass is 10.1. The highest BCUT2D eigenvalue weighted by molar-refractivity contribution is 5.84. The van der Waals surface area contributed by atoms with Crippen molar-refractivity contribution in [3.8, 4) is 0 Å². The molecule has 0 saturated heterocycles. The van der Waals surface area contributed by atoms with E-state index < -0.39 is 29.9 Å². The van der Waals surface area contributed by atoms with E-state index in [1.165, 1.54) is 0 Å². The first kappa shape index (κ1) is 15.3. The summed E-state index contributed by atoms with van der Waals surface area (Å²) in [5, 5.41) is 19.5. The summed E-state index contributed by atoms with van der Waals surface area (Å²) in [6.45, 7) is 0.131. The van der Waals surface area contributed by atoms with Crippen molar-refractivity contribution in [1.82, 2.24) is 5.32 Å². The van der Waals surface area contributed by atoms with E-state index in [1.54, 1.807) is 0 Å². The van der Waals surface area contributed by atoms with E-state index in [9.17, 15) is 14.4 Å². The maximum atomic E-state index is 11.3. The first-order chi connectivity index (χ1) is 7.88. The number of nitrogens with one attached hydrogen (secondary N) is 1. The van der Waals surface area contributed by atoms with Gasteiger partial charge in [-0.2, -0.15) is 0 Å². The summed E-state index contributed by atoms with van der Waals surface area (Å²) in [7, 11) is 0. The number of hydrogen-bond donors (Lipinski definition) is 5. The van der Waals surface area contributed by atoms with Crippen molar-refractivity contribution in [3.05, 3.63) is 0 Å². The highest BCUT2D eigenvalue weighted by Gasteiger charge is 2.20. The summed E-state index contributed by atoms with van der Waals surface area (Å²) in [6, 6.07) is -2.17. The minimum absolute atomic E-state index is 0.0455. The van der Waals surface area contributed by atoms with Crippen LogP contribution in [0.15, 0.2) is 0 Å². The molecule has 0 aliphatic heterocycles. The molecule has 17 heavy (non-hydrogen) atoms. The van der Waals surface area contributed by atoms with Crippen LogP contribution >= 0.6 is 0 Å². The van der Waals surface area contributed by atoms with Crippen LogP contribution in [0, 0.1) is 0 Å². The van der Waals surface area contributed by atoms with Crippen molar-refractivity contribution in [2.75, 3.05) is 6.54 Å². The number of amides is 1. The Labute approximate surface area is 98.0 Å². The third-order valence-corrected chi connectivity index (χ3v) is 2.09. The molecule has 0 rings (SSSR count). The summed E-state index contributed by atoms with van der Waals surface area (Å²) in [5.41, 5.74) is 10.4. The Kier molecular flexibility index (Phi) is 6.83. The van der Waals surface area contributed by atoms with Gasteiger partial charge in [-0.3, -0.25) is 9.59 Å². The fraction of sp³-hybridized carbons (Fsp3) is 0.667. The van der Waals surface area contributed by atoms with Crippen molar-refractivity contribution in [3.63, 3.8) is 0 Å². The molecule has 0 spiro atoms. The smallest absolute Gasteiger partial charge is 0.326 e. The predicted molar refractivity (Wildman–Crippen MR) is 58.1 cm³/mol. The van der Waals surface area contributed by atoms with Crippen LogP contribution in [0.5, 0.6) is 0 Å². The van der Waals surface area contributed by atoms with Crippen LogP contribution in [0.2, 0.25) is 0 Å². The van der Waals surface area contributed by atoms with Crippen molar-refractivity contribution in [2.45, 2.75) is 31.3 Å². The molecule has 0 aliphatic carbocycles. The summed E-state index contributed by atoms with van der Waals surface area (Å²) >= 11 is 0. The van der Waals surface area contributed by atoms with E-state index in [0.29, 0.717) is 0 Å². The summed E-state index contributed by atoms with van der Waals surface area (Å²) in [6.07, 6.45) is -0.0655. The molecule has 0 fully saturated rings. The van der Waals surface area contributed by atoms with Gasteiger partial charge in [0, 0.05) is 6.42 Å². The Hall–Kier alpha value is -1.67. The van der Waals surface area contributed by atoms with E-state index in [-0.39, 0.29) is 25.8 Å². The summed E-state index contributed by atoms with van der Waals surface area (Å²) in [5.74, 6) is -2.93. The zero-order chi connectivity index (χ0) is 13.4. The molecule has 98 valence electrons. The van der Waals surface area contributed by atoms with Crippen molar-refractivity contribution < 1.29 is 24.6 Å². The topological polar surface area (TPSA) is 156 Å². The molecule has 2 atom stereocenters. The largest absolute Gasteiger partial charge is 0.480 e. The Morgan fingerprint density at radius 1 is 1.12 bits per heavy atom. The van der Waals surface area contributed by atoms with Gasteiger partial charge in [-0.05, 0) is 19.4 Å². The molecule has 8 nitrogen and oxygen atoms in total. The van der Waals surface area contributed by atoms with Gasteiger partial charge in [0.1, 0.15) is 12.1 Å². The van der Waals surface area contributed by atoms with Gasteiger partial charge in [0.05, 0.1) is 0 Å². The number of carbonyl (C=O) groups excluding carboxylic acids is 1. The zero-order valence-electron chi connectivity index (χ0n) is 9.26. The van der Waals surface area contributed by atoms with Gasteiger partial charge in [-0.25, -0.2) is 4.79 Å². The molecule has 0 saturated carbocycles. The molecule has 7 N–H and O–H groups in total. The van der Waals surface area contributed by atoms with E-state index in [1.807, 2.05) is 0 Å². The molecule has 2 unspecified atom stereocenters. The second-order valence-corrected chi connectivity index (χ2v) is 3.52. The molecule has 0 heterocycles. The van der Waals surface area contributed by atoms with E-state index in [0.717, 1.165) is 0 Å². The summed E-state index contributed by atoms with van der Waals surface area (Å²) < 4.78 is 0. The van der Waals surface area contributed by atoms with E-state index in [4.69, 9.17) is 21.7 Å². The van der Waals surface area contributed by atoms with Gasteiger partial charge in [-0.1, -0.05) is 0 Å². The molecule has 1 amide bonds. The van der Waals surface area contributed by atoms with Crippen molar-refractivity contribution in [1.29, 1.82) is 0 Å². The lowest BCUT2D eigenvalue weighted by Crippen LogP contribution is -2.42. The zero-order valence-corrected chi connectivity index (χ0v) is 9.26. The molecule has 0 aromatic rings.